The fourth-order valence-corrected chi connectivity index (χ4v) is 1.74. The van der Waals surface area contributed by atoms with Crippen molar-refractivity contribution in [1.82, 2.24) is 0 Å². The fraction of sp³-hybridized carbons (Fsp3) is 0.273. The third-order valence-electron chi connectivity index (χ3n) is 2.57. The maximum absolute atomic E-state index is 11.6. The molecule has 0 saturated carbocycles. The predicted octanol–water partition coefficient (Wildman–Crippen LogP) is 0.676. The number of phenols is 1. The summed E-state index contributed by atoms with van der Waals surface area (Å²) in [6.07, 6.45) is 0.252. The molecule has 1 atom stereocenters. The molecule has 0 spiro atoms. The molecular formula is C11H11NO4. The zero-order chi connectivity index (χ0) is 11.7. The van der Waals surface area contributed by atoms with Gasteiger partial charge in [0.2, 0.25) is 5.91 Å². The molecule has 5 nitrogen and oxygen atoms in total. The van der Waals surface area contributed by atoms with Crippen molar-refractivity contribution in [3.63, 3.8) is 0 Å². The van der Waals surface area contributed by atoms with Crippen LogP contribution in [-0.4, -0.2) is 24.1 Å². The SMILES string of the molecule is COC(=O)C1Cc2cc(O)ccc2NC1=O. The number of ether oxygens (including phenoxy) is 1. The van der Waals surface area contributed by atoms with Gasteiger partial charge in [0.1, 0.15) is 11.7 Å². The number of anilines is 1. The molecule has 5 heteroatoms. The van der Waals surface area contributed by atoms with Crippen LogP contribution in [0.2, 0.25) is 0 Å². The summed E-state index contributed by atoms with van der Waals surface area (Å²) in [7, 11) is 1.24. The average molecular weight is 221 g/mol. The summed E-state index contributed by atoms with van der Waals surface area (Å²) in [4.78, 5) is 22.9. The smallest absolute Gasteiger partial charge is 0.318 e. The second-order valence-electron chi connectivity index (χ2n) is 3.61. The molecule has 1 amide bonds. The summed E-state index contributed by atoms with van der Waals surface area (Å²) in [5.74, 6) is -1.66. The van der Waals surface area contributed by atoms with Crippen LogP contribution in [0.1, 0.15) is 5.56 Å². The van der Waals surface area contributed by atoms with Gasteiger partial charge in [-0.1, -0.05) is 0 Å². The van der Waals surface area contributed by atoms with Crippen LogP contribution in [-0.2, 0) is 20.7 Å². The van der Waals surface area contributed by atoms with E-state index >= 15 is 0 Å². The molecule has 1 unspecified atom stereocenters. The number of carbonyl (C=O) groups is 2. The highest BCUT2D eigenvalue weighted by Crippen LogP contribution is 2.28. The highest BCUT2D eigenvalue weighted by Gasteiger charge is 2.32. The molecule has 2 N–H and O–H groups in total. The zero-order valence-electron chi connectivity index (χ0n) is 8.69. The molecule has 1 aromatic rings. The number of hydrogen-bond donors (Lipinski definition) is 2. The molecule has 1 aliphatic rings. The summed E-state index contributed by atoms with van der Waals surface area (Å²) in [6.45, 7) is 0. The van der Waals surface area contributed by atoms with E-state index in [0.717, 1.165) is 5.56 Å². The van der Waals surface area contributed by atoms with Gasteiger partial charge in [-0.2, -0.15) is 0 Å². The Morgan fingerprint density at radius 2 is 2.31 bits per heavy atom. The Hall–Kier alpha value is -2.04. The Morgan fingerprint density at radius 1 is 1.56 bits per heavy atom. The number of methoxy groups -OCH3 is 1. The van der Waals surface area contributed by atoms with E-state index in [1.54, 1.807) is 6.07 Å². The third kappa shape index (κ3) is 1.71. The van der Waals surface area contributed by atoms with Gasteiger partial charge < -0.3 is 15.2 Å². The van der Waals surface area contributed by atoms with Crippen molar-refractivity contribution < 1.29 is 19.4 Å². The number of fused-ring (bicyclic) bond motifs is 1. The largest absolute Gasteiger partial charge is 0.508 e. The maximum Gasteiger partial charge on any atom is 0.318 e. The van der Waals surface area contributed by atoms with Gasteiger partial charge in [0.25, 0.3) is 0 Å². The average Bonchev–Trinajstić information content (AvgIpc) is 2.28. The van der Waals surface area contributed by atoms with Crippen LogP contribution in [0.4, 0.5) is 5.69 Å². The molecule has 0 fully saturated rings. The summed E-state index contributed by atoms with van der Waals surface area (Å²) < 4.78 is 4.54. The molecular weight excluding hydrogens is 210 g/mol. The molecule has 0 saturated heterocycles. The van der Waals surface area contributed by atoms with E-state index in [1.165, 1.54) is 19.2 Å². The predicted molar refractivity (Wildman–Crippen MR) is 55.9 cm³/mol. The number of phenolic OH excluding ortho intramolecular Hbond substituents is 1. The van der Waals surface area contributed by atoms with Crippen molar-refractivity contribution in [2.24, 2.45) is 5.92 Å². The van der Waals surface area contributed by atoms with Crippen molar-refractivity contribution in [3.05, 3.63) is 23.8 Å². The molecule has 1 aliphatic heterocycles. The van der Waals surface area contributed by atoms with Crippen molar-refractivity contribution in [2.75, 3.05) is 12.4 Å². The molecule has 1 aromatic carbocycles. The number of amides is 1. The monoisotopic (exact) mass is 221 g/mol. The Bertz CT molecular complexity index is 455. The zero-order valence-corrected chi connectivity index (χ0v) is 8.69. The normalized spacial score (nSPS) is 18.6. The van der Waals surface area contributed by atoms with Gasteiger partial charge in [-0.3, -0.25) is 9.59 Å². The van der Waals surface area contributed by atoms with Crippen LogP contribution in [0.15, 0.2) is 18.2 Å². The van der Waals surface area contributed by atoms with Crippen LogP contribution in [0.5, 0.6) is 5.75 Å². The number of nitrogens with one attached hydrogen (secondary N) is 1. The molecule has 1 heterocycles. The topological polar surface area (TPSA) is 75.6 Å². The van der Waals surface area contributed by atoms with Crippen LogP contribution in [0, 0.1) is 5.92 Å². The second kappa shape index (κ2) is 3.84. The van der Waals surface area contributed by atoms with Crippen LogP contribution in [0.25, 0.3) is 0 Å². The van der Waals surface area contributed by atoms with Gasteiger partial charge >= 0.3 is 5.97 Å². The van der Waals surface area contributed by atoms with Gasteiger partial charge in [-0.15, -0.1) is 0 Å². The van der Waals surface area contributed by atoms with Crippen LogP contribution < -0.4 is 5.32 Å². The Balaban J connectivity index is 2.33. The summed E-state index contributed by atoms with van der Waals surface area (Å²) >= 11 is 0. The molecule has 16 heavy (non-hydrogen) atoms. The number of aromatic hydroxyl groups is 1. The van der Waals surface area contributed by atoms with E-state index in [4.69, 9.17) is 0 Å². The third-order valence-corrected chi connectivity index (χ3v) is 2.57. The number of rotatable bonds is 1. The first kappa shape index (κ1) is 10.5. The lowest BCUT2D eigenvalue weighted by Gasteiger charge is -2.22. The van der Waals surface area contributed by atoms with E-state index in [2.05, 4.69) is 10.1 Å². The van der Waals surface area contributed by atoms with Gasteiger partial charge in [0, 0.05) is 5.69 Å². The fourth-order valence-electron chi connectivity index (χ4n) is 1.74. The van der Waals surface area contributed by atoms with Gasteiger partial charge in [-0.25, -0.2) is 0 Å². The minimum Gasteiger partial charge on any atom is -0.508 e. The molecule has 84 valence electrons. The highest BCUT2D eigenvalue weighted by molar-refractivity contribution is 6.07. The van der Waals surface area contributed by atoms with Crippen molar-refractivity contribution in [3.8, 4) is 5.75 Å². The van der Waals surface area contributed by atoms with E-state index in [-0.39, 0.29) is 18.1 Å². The molecule has 0 aliphatic carbocycles. The molecule has 2 rings (SSSR count). The molecule has 0 aromatic heterocycles. The molecule has 0 bridgehead atoms. The van der Waals surface area contributed by atoms with E-state index in [1.807, 2.05) is 0 Å². The van der Waals surface area contributed by atoms with Crippen molar-refractivity contribution in [2.45, 2.75) is 6.42 Å². The summed E-state index contributed by atoms with van der Waals surface area (Å²) in [5, 5.41) is 11.9. The maximum atomic E-state index is 11.6. The van der Waals surface area contributed by atoms with Crippen LogP contribution in [0.3, 0.4) is 0 Å². The number of esters is 1. The van der Waals surface area contributed by atoms with Crippen molar-refractivity contribution in [1.29, 1.82) is 0 Å². The second-order valence-corrected chi connectivity index (χ2v) is 3.61. The Labute approximate surface area is 92.0 Å². The lowest BCUT2D eigenvalue weighted by atomic mass is 9.93. The van der Waals surface area contributed by atoms with Crippen molar-refractivity contribution >= 4 is 17.6 Å². The lowest BCUT2D eigenvalue weighted by molar-refractivity contribution is -0.148. The minimum atomic E-state index is -0.834. The van der Waals surface area contributed by atoms with E-state index < -0.39 is 11.9 Å². The Morgan fingerprint density at radius 3 is 3.00 bits per heavy atom. The van der Waals surface area contributed by atoms with Crippen LogP contribution >= 0.6 is 0 Å². The van der Waals surface area contributed by atoms with E-state index in [9.17, 15) is 14.7 Å². The van der Waals surface area contributed by atoms with E-state index in [0.29, 0.717) is 5.69 Å². The highest BCUT2D eigenvalue weighted by atomic mass is 16.5. The quantitative estimate of drug-likeness (QED) is 0.415. The standard InChI is InChI=1S/C11H11NO4/c1-16-11(15)8-5-6-4-7(13)2-3-9(6)12-10(8)14/h2-4,8,13H,5H2,1H3,(H,12,14). The number of hydrogen-bond acceptors (Lipinski definition) is 4. The first-order chi connectivity index (χ1) is 7.61. The van der Waals surface area contributed by atoms with Gasteiger partial charge in [0.05, 0.1) is 7.11 Å². The minimum absolute atomic E-state index is 0.110. The lowest BCUT2D eigenvalue weighted by Crippen LogP contribution is -2.36. The first-order valence-corrected chi connectivity index (χ1v) is 4.82. The van der Waals surface area contributed by atoms with Gasteiger partial charge in [-0.05, 0) is 30.2 Å². The summed E-state index contributed by atoms with van der Waals surface area (Å²) in [6, 6.07) is 4.62. The van der Waals surface area contributed by atoms with Gasteiger partial charge in [0.15, 0.2) is 0 Å². The number of benzene rings is 1. The summed E-state index contributed by atoms with van der Waals surface area (Å²) in [5.41, 5.74) is 1.36. The Kier molecular flexibility index (Phi) is 2.52. The number of carbonyl (C=O) groups excluding carboxylic acids is 2. The molecule has 0 radical (unpaired) electrons. The first-order valence-electron chi connectivity index (χ1n) is 4.82.